The van der Waals surface area contributed by atoms with E-state index in [-0.39, 0.29) is 42.1 Å². The van der Waals surface area contributed by atoms with Crippen LogP contribution in [0.3, 0.4) is 0 Å². The van der Waals surface area contributed by atoms with E-state index in [0.717, 1.165) is 40.4 Å². The largest absolute Gasteiger partial charge is 0.341 e. The molecule has 2 aliphatic heterocycles. The van der Waals surface area contributed by atoms with Crippen LogP contribution in [0, 0.1) is 11.6 Å². The number of aromatic nitrogens is 2. The van der Waals surface area contributed by atoms with Crippen molar-refractivity contribution < 1.29 is 18.4 Å². The molecular formula is C30H33F2N5O4. The van der Waals surface area contributed by atoms with Gasteiger partial charge in [0.05, 0.1) is 0 Å². The van der Waals surface area contributed by atoms with E-state index in [1.165, 1.54) is 10.8 Å². The SMILES string of the molecule is CC(C)n1c(=O)c(Cc2cc(F)cc(F)c2)cn(CC(=O)N2CCC(N3CCc4ccccc4NC3=O)CC2)c1=O. The number of carbonyl (C=O) groups excluding carboxylic acids is 2. The zero-order valence-corrected chi connectivity index (χ0v) is 23.1. The first-order valence-electron chi connectivity index (χ1n) is 13.8. The fourth-order valence-corrected chi connectivity index (χ4v) is 5.71. The molecule has 9 nitrogen and oxygen atoms in total. The highest BCUT2D eigenvalue weighted by Crippen LogP contribution is 2.24. The van der Waals surface area contributed by atoms with E-state index in [2.05, 4.69) is 5.32 Å². The Bertz CT molecular complexity index is 1570. The molecule has 3 aromatic rings. The fourth-order valence-electron chi connectivity index (χ4n) is 5.71. The molecule has 3 amide bonds. The molecule has 0 saturated carbocycles. The van der Waals surface area contributed by atoms with Gasteiger partial charge in [-0.1, -0.05) is 18.2 Å². The Morgan fingerprint density at radius 2 is 1.68 bits per heavy atom. The third-order valence-electron chi connectivity index (χ3n) is 7.80. The Labute approximate surface area is 236 Å². The lowest BCUT2D eigenvalue weighted by molar-refractivity contribution is -0.133. The van der Waals surface area contributed by atoms with Crippen molar-refractivity contribution in [2.24, 2.45) is 0 Å². The molecule has 11 heteroatoms. The van der Waals surface area contributed by atoms with Crippen LogP contribution in [0.5, 0.6) is 0 Å². The highest BCUT2D eigenvalue weighted by atomic mass is 19.1. The van der Waals surface area contributed by atoms with Gasteiger partial charge >= 0.3 is 11.7 Å². The van der Waals surface area contributed by atoms with Crippen molar-refractivity contribution in [2.45, 2.75) is 58.2 Å². The number of hydrogen-bond acceptors (Lipinski definition) is 4. The molecule has 1 fully saturated rings. The Balaban J connectivity index is 1.29. The number of para-hydroxylation sites is 1. The van der Waals surface area contributed by atoms with Crippen molar-refractivity contribution in [1.82, 2.24) is 18.9 Å². The molecule has 0 atom stereocenters. The van der Waals surface area contributed by atoms with Gasteiger partial charge < -0.3 is 15.1 Å². The van der Waals surface area contributed by atoms with Gasteiger partial charge in [0.2, 0.25) is 5.91 Å². The van der Waals surface area contributed by atoms with Crippen LogP contribution < -0.4 is 16.6 Å². The summed E-state index contributed by atoms with van der Waals surface area (Å²) in [5.41, 5.74) is 1.13. The number of fused-ring (bicyclic) bond motifs is 1. The first-order valence-corrected chi connectivity index (χ1v) is 13.8. The standard InChI is InChI=1S/C30H33F2N5O4/c1-19(2)37-28(39)22(13-20-14-23(31)16-24(32)15-20)17-35(30(37)41)18-27(38)34-10-8-25(9-11-34)36-12-7-21-5-3-4-6-26(21)33-29(36)40/h3-6,14-17,19,25H,7-13,18H2,1-2H3,(H,33,40). The van der Waals surface area contributed by atoms with Gasteiger partial charge in [-0.25, -0.2) is 18.4 Å². The number of anilines is 1. The van der Waals surface area contributed by atoms with Gasteiger partial charge in [0, 0.05) is 61.7 Å². The topological polar surface area (TPSA) is 96.7 Å². The lowest BCUT2D eigenvalue weighted by atomic mass is 10.0. The molecule has 3 heterocycles. The molecule has 41 heavy (non-hydrogen) atoms. The van der Waals surface area contributed by atoms with Gasteiger partial charge in [0.15, 0.2) is 0 Å². The minimum Gasteiger partial charge on any atom is -0.341 e. The zero-order chi connectivity index (χ0) is 29.3. The minimum atomic E-state index is -0.765. The number of halogens is 2. The first-order chi connectivity index (χ1) is 19.6. The molecular weight excluding hydrogens is 532 g/mol. The molecule has 0 unspecified atom stereocenters. The number of nitrogens with one attached hydrogen (secondary N) is 1. The Kier molecular flexibility index (Phi) is 8.05. The van der Waals surface area contributed by atoms with Crippen LogP contribution in [0.15, 0.2) is 58.3 Å². The highest BCUT2D eigenvalue weighted by Gasteiger charge is 2.31. The van der Waals surface area contributed by atoms with Crippen LogP contribution in [-0.4, -0.2) is 56.5 Å². The molecule has 5 rings (SSSR count). The van der Waals surface area contributed by atoms with E-state index < -0.39 is 28.9 Å². The monoisotopic (exact) mass is 565 g/mol. The number of likely N-dealkylation sites (tertiary alicyclic amines) is 1. The average Bonchev–Trinajstić information content (AvgIpc) is 3.09. The lowest BCUT2D eigenvalue weighted by Gasteiger charge is -2.38. The maximum Gasteiger partial charge on any atom is 0.331 e. The molecule has 0 spiro atoms. The van der Waals surface area contributed by atoms with Gasteiger partial charge in [-0.2, -0.15) is 0 Å². The quantitative estimate of drug-likeness (QED) is 0.495. The maximum absolute atomic E-state index is 13.8. The van der Waals surface area contributed by atoms with E-state index in [9.17, 15) is 28.0 Å². The molecule has 1 aromatic heterocycles. The van der Waals surface area contributed by atoms with E-state index in [1.54, 1.807) is 18.7 Å². The summed E-state index contributed by atoms with van der Waals surface area (Å²) in [6.07, 6.45) is 3.17. The molecule has 1 saturated heterocycles. The number of carbonyl (C=O) groups is 2. The molecule has 2 aliphatic rings. The number of piperidine rings is 1. The maximum atomic E-state index is 13.8. The van der Waals surface area contributed by atoms with Crippen LogP contribution in [0.1, 0.15) is 49.4 Å². The fraction of sp³-hybridized carbons (Fsp3) is 0.400. The van der Waals surface area contributed by atoms with E-state index in [0.29, 0.717) is 32.5 Å². The number of urea groups is 1. The van der Waals surface area contributed by atoms with Crippen molar-refractivity contribution in [3.63, 3.8) is 0 Å². The summed E-state index contributed by atoms with van der Waals surface area (Å²) >= 11 is 0. The summed E-state index contributed by atoms with van der Waals surface area (Å²) in [7, 11) is 0. The predicted molar refractivity (Wildman–Crippen MR) is 150 cm³/mol. The molecule has 0 radical (unpaired) electrons. The van der Waals surface area contributed by atoms with Crippen molar-refractivity contribution in [3.8, 4) is 0 Å². The van der Waals surface area contributed by atoms with Gasteiger partial charge in [-0.3, -0.25) is 18.7 Å². The van der Waals surface area contributed by atoms with Gasteiger partial charge in [-0.05, 0) is 62.4 Å². The second-order valence-corrected chi connectivity index (χ2v) is 10.9. The summed E-state index contributed by atoms with van der Waals surface area (Å²) in [4.78, 5) is 56.0. The van der Waals surface area contributed by atoms with Crippen LogP contribution in [-0.2, 0) is 24.2 Å². The van der Waals surface area contributed by atoms with Crippen molar-refractivity contribution in [3.05, 3.63) is 97.8 Å². The third kappa shape index (κ3) is 6.08. The third-order valence-corrected chi connectivity index (χ3v) is 7.80. The van der Waals surface area contributed by atoms with E-state index in [4.69, 9.17) is 0 Å². The number of amides is 3. The lowest BCUT2D eigenvalue weighted by Crippen LogP contribution is -2.51. The van der Waals surface area contributed by atoms with Crippen LogP contribution in [0.25, 0.3) is 0 Å². The molecule has 1 N–H and O–H groups in total. The minimum absolute atomic E-state index is 0.0165. The Morgan fingerprint density at radius 1 is 1.00 bits per heavy atom. The van der Waals surface area contributed by atoms with Crippen molar-refractivity contribution >= 4 is 17.6 Å². The Hall–Kier alpha value is -4.28. The summed E-state index contributed by atoms with van der Waals surface area (Å²) in [5, 5.41) is 2.99. The molecule has 216 valence electrons. The number of nitrogens with zero attached hydrogens (tertiary/aromatic N) is 4. The number of benzene rings is 2. The first kappa shape index (κ1) is 28.3. The smallest absolute Gasteiger partial charge is 0.331 e. The van der Waals surface area contributed by atoms with Gasteiger partial charge in [-0.15, -0.1) is 0 Å². The normalized spacial score (nSPS) is 16.0. The number of rotatable bonds is 6. The van der Waals surface area contributed by atoms with Crippen LogP contribution in [0.4, 0.5) is 19.3 Å². The van der Waals surface area contributed by atoms with Crippen LogP contribution in [0.2, 0.25) is 0 Å². The molecule has 0 aliphatic carbocycles. The second kappa shape index (κ2) is 11.7. The zero-order valence-electron chi connectivity index (χ0n) is 23.1. The molecule has 2 aromatic carbocycles. The van der Waals surface area contributed by atoms with Crippen molar-refractivity contribution in [1.29, 1.82) is 0 Å². The second-order valence-electron chi connectivity index (χ2n) is 10.9. The number of hydrogen-bond donors (Lipinski definition) is 1. The highest BCUT2D eigenvalue weighted by molar-refractivity contribution is 5.91. The predicted octanol–water partition coefficient (Wildman–Crippen LogP) is 3.54. The van der Waals surface area contributed by atoms with Crippen LogP contribution >= 0.6 is 0 Å². The summed E-state index contributed by atoms with van der Waals surface area (Å²) in [5.74, 6) is -1.81. The average molecular weight is 566 g/mol. The molecule has 0 bridgehead atoms. The van der Waals surface area contributed by atoms with Crippen molar-refractivity contribution in [2.75, 3.05) is 25.0 Å². The van der Waals surface area contributed by atoms with E-state index in [1.807, 2.05) is 29.2 Å². The summed E-state index contributed by atoms with van der Waals surface area (Å²) < 4.78 is 29.8. The Morgan fingerprint density at radius 3 is 2.37 bits per heavy atom. The van der Waals surface area contributed by atoms with E-state index >= 15 is 0 Å². The summed E-state index contributed by atoms with van der Waals surface area (Å²) in [6, 6.07) is 10.1. The summed E-state index contributed by atoms with van der Waals surface area (Å²) in [6.45, 7) is 4.53. The van der Waals surface area contributed by atoms with Gasteiger partial charge in [0.25, 0.3) is 5.56 Å². The van der Waals surface area contributed by atoms with Gasteiger partial charge in [0.1, 0.15) is 18.2 Å².